The number of aromatic nitrogens is 3. The second-order valence-corrected chi connectivity index (χ2v) is 10.4. The number of carbonyl (C=O) groups is 3. The summed E-state index contributed by atoms with van der Waals surface area (Å²) >= 11 is 0. The number of rotatable bonds is 14. The van der Waals surface area contributed by atoms with E-state index in [9.17, 15) is 24.3 Å². The van der Waals surface area contributed by atoms with Crippen molar-refractivity contribution in [3.8, 4) is 11.1 Å². The van der Waals surface area contributed by atoms with Gasteiger partial charge < -0.3 is 34.5 Å². The number of esters is 2. The molecule has 0 fully saturated rings. The fraction of sp³-hybridized carbons (Fsp3) is 0.333. The molecule has 2 aromatic heterocycles. The average Bonchev–Trinajstić information content (AvgIpc) is 3.64. The predicted octanol–water partition coefficient (Wildman–Crippen LogP) is 1.73. The van der Waals surface area contributed by atoms with E-state index in [0.717, 1.165) is 21.4 Å². The SMILES string of the molecule is Cc1oc(=O)oc1COC(=O)C(C)(CO)CC(Cc1ccc(-c2ccccc2)cc1)NC(=O)c1cn(COC(=O)CN)nn1. The first kappa shape index (κ1) is 31.8. The average molecular weight is 608 g/mol. The van der Waals surface area contributed by atoms with Crippen LogP contribution in [0.15, 0.2) is 74.4 Å². The summed E-state index contributed by atoms with van der Waals surface area (Å²) < 4.78 is 21.1. The van der Waals surface area contributed by atoms with Gasteiger partial charge in [0.25, 0.3) is 5.91 Å². The largest absolute Gasteiger partial charge is 0.519 e. The Kier molecular flexibility index (Phi) is 10.4. The Hall–Kier alpha value is -5.08. The van der Waals surface area contributed by atoms with Crippen LogP contribution in [0, 0.1) is 12.3 Å². The lowest BCUT2D eigenvalue weighted by Crippen LogP contribution is -2.44. The van der Waals surface area contributed by atoms with Gasteiger partial charge in [0.05, 0.1) is 24.8 Å². The summed E-state index contributed by atoms with van der Waals surface area (Å²) in [4.78, 5) is 49.0. The third-order valence-electron chi connectivity index (χ3n) is 6.88. The molecule has 4 rings (SSSR count). The Morgan fingerprint density at radius 1 is 1.07 bits per heavy atom. The van der Waals surface area contributed by atoms with Crippen LogP contribution in [-0.4, -0.2) is 57.1 Å². The highest BCUT2D eigenvalue weighted by Crippen LogP contribution is 2.28. The van der Waals surface area contributed by atoms with E-state index in [1.807, 2.05) is 54.6 Å². The van der Waals surface area contributed by atoms with Crippen LogP contribution in [-0.2, 0) is 38.8 Å². The van der Waals surface area contributed by atoms with Crippen molar-refractivity contribution in [1.82, 2.24) is 20.3 Å². The highest BCUT2D eigenvalue weighted by Gasteiger charge is 2.38. The van der Waals surface area contributed by atoms with E-state index >= 15 is 0 Å². The second kappa shape index (κ2) is 14.4. The number of aliphatic hydroxyl groups excluding tert-OH is 1. The van der Waals surface area contributed by atoms with E-state index in [1.165, 1.54) is 20.0 Å². The predicted molar refractivity (Wildman–Crippen MR) is 154 cm³/mol. The maximum Gasteiger partial charge on any atom is 0.519 e. The molecule has 0 spiro atoms. The molecule has 4 N–H and O–H groups in total. The lowest BCUT2D eigenvalue weighted by Gasteiger charge is -2.30. The van der Waals surface area contributed by atoms with Crippen LogP contribution < -0.4 is 16.9 Å². The van der Waals surface area contributed by atoms with Gasteiger partial charge in [-0.05, 0) is 43.4 Å². The van der Waals surface area contributed by atoms with Crippen LogP contribution in [0.1, 0.15) is 40.9 Å². The number of aliphatic hydroxyl groups is 1. The van der Waals surface area contributed by atoms with Gasteiger partial charge in [0, 0.05) is 6.04 Å². The van der Waals surface area contributed by atoms with Crippen LogP contribution in [0.25, 0.3) is 11.1 Å². The molecule has 2 aromatic carbocycles. The van der Waals surface area contributed by atoms with Gasteiger partial charge >= 0.3 is 17.8 Å². The lowest BCUT2D eigenvalue weighted by atomic mass is 9.82. The Balaban J connectivity index is 1.51. The summed E-state index contributed by atoms with van der Waals surface area (Å²) in [6, 6.07) is 16.9. The molecular formula is C30H33N5O9. The Labute approximate surface area is 251 Å². The Bertz CT molecular complexity index is 1630. The van der Waals surface area contributed by atoms with Gasteiger partial charge in [-0.2, -0.15) is 0 Å². The van der Waals surface area contributed by atoms with Crippen molar-refractivity contribution < 1.29 is 37.8 Å². The molecule has 4 aromatic rings. The van der Waals surface area contributed by atoms with Gasteiger partial charge in [0.1, 0.15) is 0 Å². The van der Waals surface area contributed by atoms with E-state index < -0.39 is 41.7 Å². The first-order chi connectivity index (χ1) is 21.1. The van der Waals surface area contributed by atoms with Crippen molar-refractivity contribution in [3.63, 3.8) is 0 Å². The van der Waals surface area contributed by atoms with Gasteiger partial charge in [0.15, 0.2) is 30.6 Å². The minimum absolute atomic E-state index is 0.0227. The van der Waals surface area contributed by atoms with Crippen LogP contribution in [0.5, 0.6) is 0 Å². The van der Waals surface area contributed by atoms with Crippen molar-refractivity contribution in [2.45, 2.75) is 46.1 Å². The smallest absolute Gasteiger partial charge is 0.457 e. The highest BCUT2D eigenvalue weighted by atomic mass is 16.6. The molecule has 1 amide bonds. The normalized spacial score (nSPS) is 13.1. The number of carbonyl (C=O) groups excluding carboxylic acids is 3. The molecule has 0 aliphatic carbocycles. The van der Waals surface area contributed by atoms with Crippen molar-refractivity contribution in [2.75, 3.05) is 13.2 Å². The second-order valence-electron chi connectivity index (χ2n) is 10.4. The molecule has 2 atom stereocenters. The number of ether oxygens (including phenoxy) is 2. The van der Waals surface area contributed by atoms with Crippen molar-refractivity contribution in [1.29, 1.82) is 0 Å². The molecule has 0 saturated heterocycles. The van der Waals surface area contributed by atoms with Crippen molar-refractivity contribution in [2.24, 2.45) is 11.1 Å². The molecule has 14 heteroatoms. The van der Waals surface area contributed by atoms with E-state index in [2.05, 4.69) is 15.6 Å². The number of amides is 1. The summed E-state index contributed by atoms with van der Waals surface area (Å²) in [6.45, 7) is 1.44. The summed E-state index contributed by atoms with van der Waals surface area (Å²) in [5, 5.41) is 20.8. The molecule has 0 saturated carbocycles. The Morgan fingerprint density at radius 2 is 1.77 bits per heavy atom. The fourth-order valence-corrected chi connectivity index (χ4v) is 4.41. The molecule has 44 heavy (non-hydrogen) atoms. The van der Waals surface area contributed by atoms with Crippen LogP contribution in [0.3, 0.4) is 0 Å². The maximum absolute atomic E-state index is 13.2. The topological polar surface area (TPSA) is 202 Å². The minimum atomic E-state index is -1.45. The molecule has 2 heterocycles. The number of aryl methyl sites for hydroxylation is 1. The first-order valence-corrected chi connectivity index (χ1v) is 13.7. The third-order valence-corrected chi connectivity index (χ3v) is 6.88. The number of hydrogen-bond donors (Lipinski definition) is 3. The summed E-state index contributed by atoms with van der Waals surface area (Å²) in [5.74, 6) is -2.72. The number of nitrogens with zero attached hydrogens (tertiary/aromatic N) is 3. The molecule has 232 valence electrons. The van der Waals surface area contributed by atoms with E-state index in [1.54, 1.807) is 0 Å². The van der Waals surface area contributed by atoms with Gasteiger partial charge in [-0.15, -0.1) is 5.10 Å². The van der Waals surface area contributed by atoms with Crippen LogP contribution >= 0.6 is 0 Å². The molecule has 14 nitrogen and oxygen atoms in total. The zero-order valence-electron chi connectivity index (χ0n) is 24.2. The summed E-state index contributed by atoms with van der Waals surface area (Å²) in [5.41, 5.74) is 6.63. The lowest BCUT2D eigenvalue weighted by molar-refractivity contribution is -0.160. The number of nitrogens with two attached hydrogens (primary N) is 1. The minimum Gasteiger partial charge on any atom is -0.457 e. The van der Waals surface area contributed by atoms with E-state index in [4.69, 9.17) is 24.0 Å². The van der Waals surface area contributed by atoms with E-state index in [0.29, 0.717) is 6.42 Å². The molecule has 2 unspecified atom stereocenters. The highest BCUT2D eigenvalue weighted by molar-refractivity contribution is 5.92. The quantitative estimate of drug-likeness (QED) is 0.176. The molecule has 0 aliphatic heterocycles. The standard InChI is InChI=1S/C30H33N5O9/c1-19-25(44-29(40)43-19)16-41-28(39)30(2,17-36)13-23(12-20-8-10-22(11-9-20)21-6-4-3-5-7-21)32-27(38)24-15-35(34-33-24)18-42-26(37)14-31/h3-11,15,23,36H,12-14,16-18,31H2,1-2H3,(H,32,38). The third kappa shape index (κ3) is 8.26. The first-order valence-electron chi connectivity index (χ1n) is 13.7. The monoisotopic (exact) mass is 607 g/mol. The van der Waals surface area contributed by atoms with Gasteiger partial charge in [-0.25, -0.2) is 9.48 Å². The van der Waals surface area contributed by atoms with Gasteiger partial charge in [0.2, 0.25) is 0 Å². The van der Waals surface area contributed by atoms with Gasteiger partial charge in [-0.1, -0.05) is 59.8 Å². The van der Waals surface area contributed by atoms with Crippen LogP contribution in [0.4, 0.5) is 0 Å². The molecule has 0 radical (unpaired) electrons. The summed E-state index contributed by atoms with van der Waals surface area (Å²) in [7, 11) is 0. The zero-order valence-corrected chi connectivity index (χ0v) is 24.2. The van der Waals surface area contributed by atoms with Crippen LogP contribution in [0.2, 0.25) is 0 Å². The molecule has 0 aliphatic rings. The summed E-state index contributed by atoms with van der Waals surface area (Å²) in [6.07, 6.45) is 1.57. The number of nitrogens with one attached hydrogen (secondary N) is 1. The Morgan fingerprint density at radius 3 is 2.41 bits per heavy atom. The fourth-order valence-electron chi connectivity index (χ4n) is 4.41. The van der Waals surface area contributed by atoms with Crippen molar-refractivity contribution >= 4 is 17.8 Å². The van der Waals surface area contributed by atoms with Gasteiger partial charge in [-0.3, -0.25) is 14.4 Å². The molecular weight excluding hydrogens is 574 g/mol. The number of hydrogen-bond acceptors (Lipinski definition) is 12. The maximum atomic E-state index is 13.2. The molecule has 0 bridgehead atoms. The zero-order chi connectivity index (χ0) is 31.7. The van der Waals surface area contributed by atoms with E-state index in [-0.39, 0.29) is 43.5 Å². The van der Waals surface area contributed by atoms with Crippen molar-refractivity contribution in [3.05, 3.63) is 94.2 Å². The number of benzene rings is 2.